The van der Waals surface area contributed by atoms with Gasteiger partial charge in [0.15, 0.2) is 11.5 Å². The Hall–Kier alpha value is -2.42. The van der Waals surface area contributed by atoms with Crippen molar-refractivity contribution >= 4 is 50.0 Å². The Morgan fingerprint density at radius 2 is 1.73 bits per heavy atom. The van der Waals surface area contributed by atoms with Crippen molar-refractivity contribution in [2.45, 2.75) is 9.79 Å². The number of phenolic OH excluding ortho intramolecular Hbond substituents is 2. The molecule has 11 nitrogen and oxygen atoms in total. The number of nitrogen functional groups attached to an aromatic ring is 1. The molecule has 1 radical (unpaired) electrons. The average molecular weight is 503 g/mol. The summed E-state index contributed by atoms with van der Waals surface area (Å²) in [5.41, 5.74) is 4.69. The zero-order valence-corrected chi connectivity index (χ0v) is 17.1. The van der Waals surface area contributed by atoms with Crippen molar-refractivity contribution in [2.75, 3.05) is 5.73 Å². The van der Waals surface area contributed by atoms with Crippen LogP contribution in [-0.4, -0.2) is 28.4 Å². The zero-order valence-electron chi connectivity index (χ0n) is 14.6. The quantitative estimate of drug-likeness (QED) is 0.0483. The first-order valence-electron chi connectivity index (χ1n) is 7.63. The molecular formula is C16H13CuN3O8S2. The second kappa shape index (κ2) is 9.59. The molecule has 0 spiro atoms. The van der Waals surface area contributed by atoms with E-state index in [0.29, 0.717) is 22.8 Å². The first-order chi connectivity index (χ1) is 13.7. The number of azo groups is 1. The van der Waals surface area contributed by atoms with Crippen molar-refractivity contribution in [3.8, 4) is 11.5 Å². The van der Waals surface area contributed by atoms with Gasteiger partial charge in [0.1, 0.15) is 11.4 Å². The number of hydrogen-bond acceptors (Lipinski definition) is 11. The fourth-order valence-corrected chi connectivity index (χ4v) is 3.48. The molecule has 0 aliphatic carbocycles. The second-order valence-electron chi connectivity index (χ2n) is 5.57. The third kappa shape index (κ3) is 5.00. The predicted molar refractivity (Wildman–Crippen MR) is 103 cm³/mol. The number of nitrogens with two attached hydrogens (primary N) is 1. The number of anilines is 1. The van der Waals surface area contributed by atoms with Crippen molar-refractivity contribution in [3.05, 3.63) is 42.5 Å². The molecule has 0 heterocycles. The smallest absolute Gasteiger partial charge is 0.294 e. The fourth-order valence-electron chi connectivity index (χ4n) is 2.45. The number of benzene rings is 3. The van der Waals surface area contributed by atoms with E-state index < -0.39 is 20.8 Å². The van der Waals surface area contributed by atoms with Crippen LogP contribution in [0.25, 0.3) is 10.8 Å². The maximum Gasteiger partial charge on any atom is 0.294 e. The van der Waals surface area contributed by atoms with Crippen molar-refractivity contribution in [1.82, 2.24) is 0 Å². The molecular weight excluding hydrogens is 490 g/mol. The summed E-state index contributed by atoms with van der Waals surface area (Å²) in [6.45, 7) is 0. The summed E-state index contributed by atoms with van der Waals surface area (Å²) in [5, 5.41) is 41.2. The number of phenols is 2. The van der Waals surface area contributed by atoms with Crippen LogP contribution in [0.15, 0.2) is 62.5 Å². The van der Waals surface area contributed by atoms with E-state index in [-0.39, 0.29) is 44.8 Å². The van der Waals surface area contributed by atoms with Crippen LogP contribution in [0, 0.1) is 0 Å². The Morgan fingerprint density at radius 3 is 2.40 bits per heavy atom. The standard InChI is InChI=1S/C16H13N3O8S2.Cu/c17-11-6-9(29(23,24)25)7-12(16(11)21)18-19-14-13(28-27-26-22)5-8-3-1-2-4-10(8)15(14)20;/h1-7,20-22H,17H2,(H,23,24,25);. The minimum atomic E-state index is -4.62. The fraction of sp³-hybridized carbons (Fsp3) is 0. The van der Waals surface area contributed by atoms with Crippen LogP contribution in [0.3, 0.4) is 0 Å². The Labute approximate surface area is 184 Å². The minimum Gasteiger partial charge on any atom is -0.505 e. The number of rotatable bonds is 6. The van der Waals surface area contributed by atoms with E-state index in [9.17, 15) is 23.2 Å². The first kappa shape index (κ1) is 23.9. The van der Waals surface area contributed by atoms with Gasteiger partial charge in [-0.15, -0.1) is 14.6 Å². The Kier molecular flexibility index (Phi) is 7.63. The molecule has 3 rings (SSSR count). The SMILES string of the molecule is Nc1cc(S(=O)(=O)O)cc(N=Nc2c(SOOO)cc3ccccc3c2O)c1O.[Cu]. The monoisotopic (exact) mass is 502 g/mol. The predicted octanol–water partition coefficient (Wildman–Crippen LogP) is 3.92. The molecule has 0 fully saturated rings. The summed E-state index contributed by atoms with van der Waals surface area (Å²) in [6.07, 6.45) is 0. The molecule has 0 aliphatic rings. The third-order valence-corrected chi connectivity index (χ3v) is 5.21. The summed E-state index contributed by atoms with van der Waals surface area (Å²) in [7, 11) is -4.62. The molecule has 6 N–H and O–H groups in total. The van der Waals surface area contributed by atoms with Gasteiger partial charge in [-0.05, 0) is 23.6 Å². The van der Waals surface area contributed by atoms with Crippen LogP contribution >= 0.6 is 12.0 Å². The molecule has 0 unspecified atom stereocenters. The van der Waals surface area contributed by atoms with Gasteiger partial charge in [-0.2, -0.15) is 8.42 Å². The summed E-state index contributed by atoms with van der Waals surface area (Å²) in [4.78, 5) is -0.423. The molecule has 0 amide bonds. The van der Waals surface area contributed by atoms with Crippen LogP contribution in [0.5, 0.6) is 11.5 Å². The molecule has 30 heavy (non-hydrogen) atoms. The van der Waals surface area contributed by atoms with Crippen LogP contribution in [0.2, 0.25) is 0 Å². The van der Waals surface area contributed by atoms with E-state index in [1.165, 1.54) is 0 Å². The average Bonchev–Trinajstić information content (AvgIpc) is 2.67. The van der Waals surface area contributed by atoms with Gasteiger partial charge in [-0.25, -0.2) is 5.26 Å². The van der Waals surface area contributed by atoms with Gasteiger partial charge in [0.05, 0.1) is 27.5 Å². The summed E-state index contributed by atoms with van der Waals surface area (Å²) < 4.78 is 36.3. The van der Waals surface area contributed by atoms with Crippen molar-refractivity contribution < 1.29 is 54.9 Å². The van der Waals surface area contributed by atoms with Crippen LogP contribution < -0.4 is 5.73 Å². The van der Waals surface area contributed by atoms with Gasteiger partial charge in [-0.1, -0.05) is 29.3 Å². The second-order valence-corrected chi connectivity index (χ2v) is 7.74. The number of aromatic hydroxyl groups is 2. The molecule has 3 aromatic rings. The van der Waals surface area contributed by atoms with Crippen molar-refractivity contribution in [1.29, 1.82) is 0 Å². The van der Waals surface area contributed by atoms with Gasteiger partial charge in [0, 0.05) is 22.5 Å². The molecule has 0 atom stereocenters. The summed E-state index contributed by atoms with van der Waals surface area (Å²) in [5.74, 6) is -0.875. The third-order valence-electron chi connectivity index (χ3n) is 3.76. The topological polar surface area (TPSA) is 184 Å². The van der Waals surface area contributed by atoms with E-state index in [4.69, 9.17) is 11.0 Å². The van der Waals surface area contributed by atoms with Gasteiger partial charge >= 0.3 is 0 Å². The molecule has 3 aromatic carbocycles. The Bertz CT molecular complexity index is 1220. The van der Waals surface area contributed by atoms with Crippen molar-refractivity contribution in [2.24, 2.45) is 10.2 Å². The van der Waals surface area contributed by atoms with Crippen LogP contribution in [0.4, 0.5) is 17.1 Å². The summed E-state index contributed by atoms with van der Waals surface area (Å²) >= 11 is 0.517. The van der Waals surface area contributed by atoms with E-state index >= 15 is 0 Å². The Balaban J connectivity index is 0.00000320. The van der Waals surface area contributed by atoms with Gasteiger partial charge < -0.3 is 15.9 Å². The molecule has 14 heteroatoms. The largest absolute Gasteiger partial charge is 0.505 e. The Morgan fingerprint density at radius 1 is 1.03 bits per heavy atom. The maximum absolute atomic E-state index is 11.3. The van der Waals surface area contributed by atoms with E-state index in [1.54, 1.807) is 30.3 Å². The molecule has 0 aromatic heterocycles. The number of hydrogen-bond donors (Lipinski definition) is 5. The van der Waals surface area contributed by atoms with E-state index in [0.717, 1.165) is 12.1 Å². The van der Waals surface area contributed by atoms with Gasteiger partial charge in [0.2, 0.25) is 0 Å². The molecule has 0 bridgehead atoms. The van der Waals surface area contributed by atoms with Gasteiger partial charge in [-0.3, -0.25) is 4.55 Å². The van der Waals surface area contributed by atoms with Crippen molar-refractivity contribution in [3.63, 3.8) is 0 Å². The first-order valence-corrected chi connectivity index (χ1v) is 9.81. The molecule has 163 valence electrons. The van der Waals surface area contributed by atoms with E-state index in [1.807, 2.05) is 0 Å². The minimum absolute atomic E-state index is 0. The zero-order chi connectivity index (χ0) is 21.2. The molecule has 0 saturated carbocycles. The number of fused-ring (bicyclic) bond motifs is 1. The maximum atomic E-state index is 11.3. The van der Waals surface area contributed by atoms with Crippen LogP contribution in [-0.2, 0) is 36.6 Å². The normalized spacial score (nSPS) is 11.7. The van der Waals surface area contributed by atoms with Crippen LogP contribution in [0.1, 0.15) is 0 Å². The molecule has 0 aliphatic heterocycles. The van der Waals surface area contributed by atoms with E-state index in [2.05, 4.69) is 19.6 Å². The summed E-state index contributed by atoms with van der Waals surface area (Å²) in [6, 6.07) is 10.0. The number of nitrogens with zero attached hydrogens (tertiary/aromatic N) is 2. The molecule has 0 saturated heterocycles. The van der Waals surface area contributed by atoms with Gasteiger partial charge in [0.25, 0.3) is 10.1 Å².